The Hall–Kier alpha value is -0.473. The molecule has 0 aliphatic heterocycles. The van der Waals surface area contributed by atoms with Gasteiger partial charge in [-0.2, -0.15) is 0 Å². The van der Waals surface area contributed by atoms with Gasteiger partial charge < -0.3 is 5.73 Å². The number of nitrogen functional groups attached to an aromatic ring is 1. The summed E-state index contributed by atoms with van der Waals surface area (Å²) in [5, 5.41) is 1.54. The first-order valence-electron chi connectivity index (χ1n) is 2.47. The first-order valence-corrected chi connectivity index (χ1v) is 3.34. The van der Waals surface area contributed by atoms with Crippen LogP contribution in [0.2, 0.25) is 5.02 Å². The number of hydrogen-bond acceptors (Lipinski definition) is 1. The molecule has 2 N–H and O–H groups in total. The van der Waals surface area contributed by atoms with E-state index in [9.17, 15) is 0 Å². The molecule has 0 amide bonds. The van der Waals surface area contributed by atoms with Crippen LogP contribution in [0, 0.1) is 0 Å². The summed E-state index contributed by atoms with van der Waals surface area (Å²) in [6.07, 6.45) is 0. The van der Waals surface area contributed by atoms with Gasteiger partial charge in [0.25, 0.3) is 0 Å². The highest BCUT2D eigenvalue weighted by Crippen LogP contribution is 2.08. The van der Waals surface area contributed by atoms with E-state index in [2.05, 4.69) is 10.2 Å². The number of benzene rings is 1. The van der Waals surface area contributed by atoms with Gasteiger partial charge in [0.05, 0.1) is 10.2 Å². The summed E-state index contributed by atoms with van der Waals surface area (Å²) in [5.74, 6) is 0. The third-order valence-electron chi connectivity index (χ3n) is 1.01. The van der Waals surface area contributed by atoms with E-state index in [1.165, 1.54) is 0 Å². The minimum Gasteiger partial charge on any atom is -0.399 e. The van der Waals surface area contributed by atoms with Crippen molar-refractivity contribution in [1.29, 1.82) is 0 Å². The fourth-order valence-corrected chi connectivity index (χ4v) is 0.870. The molecule has 0 fully saturated rings. The van der Waals surface area contributed by atoms with Crippen LogP contribution in [0.5, 0.6) is 0 Å². The highest BCUT2D eigenvalue weighted by Gasteiger charge is 1.91. The second kappa shape index (κ2) is 2.41. The summed E-state index contributed by atoms with van der Waals surface area (Å²) in [5.41, 5.74) is 6.15. The first kappa shape index (κ1) is 6.64. The summed E-state index contributed by atoms with van der Waals surface area (Å²) in [6.45, 7) is 0. The maximum Gasteiger partial charge on any atom is 0.0741 e. The van der Waals surface area contributed by atoms with Crippen LogP contribution in [0.1, 0.15) is 0 Å². The lowest BCUT2D eigenvalue weighted by Crippen LogP contribution is -2.08. The monoisotopic (exact) mass is 154 g/mol. The molecule has 0 bridgehead atoms. The Balaban J connectivity index is 3.17. The number of nitrogens with two attached hydrogens (primary N) is 1. The highest BCUT2D eigenvalue weighted by molar-refractivity contribution is 6.37. The molecule has 3 radical (unpaired) electrons. The third-order valence-corrected chi connectivity index (χ3v) is 1.70. The van der Waals surface area contributed by atoms with Crippen molar-refractivity contribution in [1.82, 2.24) is 0 Å². The molecule has 1 rings (SSSR count). The van der Waals surface area contributed by atoms with Gasteiger partial charge >= 0.3 is 0 Å². The standard InChI is InChI=1S/C6H5ClNSi/c7-4-1-2-6(9)5(8)3-4/h1-3H,8H2. The van der Waals surface area contributed by atoms with Crippen molar-refractivity contribution < 1.29 is 0 Å². The molecule has 0 aromatic heterocycles. The Morgan fingerprint density at radius 1 is 1.44 bits per heavy atom. The van der Waals surface area contributed by atoms with E-state index in [-0.39, 0.29) is 0 Å². The second-order valence-corrected chi connectivity index (χ2v) is 2.71. The van der Waals surface area contributed by atoms with Gasteiger partial charge in [-0.05, 0) is 17.3 Å². The molecule has 45 valence electrons. The zero-order chi connectivity index (χ0) is 6.85. The van der Waals surface area contributed by atoms with E-state index in [1.54, 1.807) is 12.1 Å². The lowest BCUT2D eigenvalue weighted by atomic mass is 10.3. The van der Waals surface area contributed by atoms with Crippen LogP contribution >= 0.6 is 11.6 Å². The average molecular weight is 155 g/mol. The van der Waals surface area contributed by atoms with Gasteiger partial charge in [-0.25, -0.2) is 0 Å². The molecular formula is C6H5ClNSi. The molecule has 0 aliphatic carbocycles. The maximum atomic E-state index is 5.62. The molecule has 0 saturated carbocycles. The zero-order valence-corrected chi connectivity index (χ0v) is 6.44. The number of anilines is 1. The van der Waals surface area contributed by atoms with Gasteiger partial charge in [0.2, 0.25) is 0 Å². The van der Waals surface area contributed by atoms with Crippen LogP contribution in [0.4, 0.5) is 5.69 Å². The molecular weight excluding hydrogens is 150 g/mol. The molecule has 0 saturated heterocycles. The van der Waals surface area contributed by atoms with E-state index in [0.717, 1.165) is 5.19 Å². The van der Waals surface area contributed by atoms with Gasteiger partial charge in [0.1, 0.15) is 0 Å². The topological polar surface area (TPSA) is 26.0 Å². The van der Waals surface area contributed by atoms with Crippen molar-refractivity contribution in [3.8, 4) is 0 Å². The molecule has 0 unspecified atom stereocenters. The predicted octanol–water partition coefficient (Wildman–Crippen LogP) is 0.716. The molecule has 1 nitrogen and oxygen atoms in total. The van der Waals surface area contributed by atoms with Crippen molar-refractivity contribution in [2.75, 3.05) is 5.73 Å². The van der Waals surface area contributed by atoms with Crippen LogP contribution in [-0.2, 0) is 0 Å². The largest absolute Gasteiger partial charge is 0.399 e. The first-order chi connectivity index (χ1) is 4.20. The second-order valence-electron chi connectivity index (χ2n) is 1.73. The Labute approximate surface area is 62.2 Å². The predicted molar refractivity (Wildman–Crippen MR) is 41.3 cm³/mol. The lowest BCUT2D eigenvalue weighted by molar-refractivity contribution is 1.74. The molecule has 0 spiro atoms. The van der Waals surface area contributed by atoms with E-state index >= 15 is 0 Å². The molecule has 1 aromatic carbocycles. The third kappa shape index (κ3) is 1.47. The smallest absolute Gasteiger partial charge is 0.0741 e. The molecule has 0 aliphatic rings. The van der Waals surface area contributed by atoms with Gasteiger partial charge in [-0.1, -0.05) is 17.7 Å². The quantitative estimate of drug-likeness (QED) is 0.433. The Morgan fingerprint density at radius 2 is 2.11 bits per heavy atom. The molecule has 1 aromatic rings. The fourth-order valence-electron chi connectivity index (χ4n) is 0.534. The van der Waals surface area contributed by atoms with Crippen LogP contribution in [0.25, 0.3) is 0 Å². The minimum absolute atomic E-state index is 0.662. The summed E-state index contributed by atoms with van der Waals surface area (Å²) in [4.78, 5) is 0. The van der Waals surface area contributed by atoms with Crippen LogP contribution in [0.15, 0.2) is 18.2 Å². The lowest BCUT2D eigenvalue weighted by Gasteiger charge is -1.97. The average Bonchev–Trinajstić information content (AvgIpc) is 1.80. The van der Waals surface area contributed by atoms with Crippen molar-refractivity contribution in [3.05, 3.63) is 23.2 Å². The molecule has 9 heavy (non-hydrogen) atoms. The van der Waals surface area contributed by atoms with E-state index < -0.39 is 0 Å². The Morgan fingerprint density at radius 3 is 2.56 bits per heavy atom. The molecule has 0 heterocycles. The number of hydrogen-bond donors (Lipinski definition) is 1. The van der Waals surface area contributed by atoms with Crippen molar-refractivity contribution in [3.63, 3.8) is 0 Å². The fraction of sp³-hybridized carbons (Fsp3) is 0. The Kier molecular flexibility index (Phi) is 1.78. The van der Waals surface area contributed by atoms with Crippen LogP contribution in [0.3, 0.4) is 0 Å². The van der Waals surface area contributed by atoms with Gasteiger partial charge in [-0.15, -0.1) is 0 Å². The molecule has 3 heteroatoms. The number of rotatable bonds is 0. The van der Waals surface area contributed by atoms with Crippen molar-refractivity contribution in [2.45, 2.75) is 0 Å². The van der Waals surface area contributed by atoms with E-state index in [1.807, 2.05) is 6.07 Å². The van der Waals surface area contributed by atoms with Gasteiger partial charge in [-0.3, -0.25) is 0 Å². The number of halogens is 1. The summed E-state index contributed by atoms with van der Waals surface area (Å²) in [7, 11) is 3.29. The van der Waals surface area contributed by atoms with Crippen LogP contribution < -0.4 is 10.9 Å². The van der Waals surface area contributed by atoms with Crippen molar-refractivity contribution >= 4 is 32.7 Å². The SMILES string of the molecule is Nc1cc(Cl)ccc1[Si]. The summed E-state index contributed by atoms with van der Waals surface area (Å²) < 4.78 is 0. The highest BCUT2D eigenvalue weighted by atomic mass is 35.5. The van der Waals surface area contributed by atoms with Crippen molar-refractivity contribution in [2.24, 2.45) is 0 Å². The Bertz CT molecular complexity index is 224. The van der Waals surface area contributed by atoms with Gasteiger partial charge in [0.15, 0.2) is 0 Å². The van der Waals surface area contributed by atoms with E-state index in [4.69, 9.17) is 17.3 Å². The normalized spacial score (nSPS) is 9.56. The summed E-state index contributed by atoms with van der Waals surface area (Å²) in [6, 6.07) is 5.29. The van der Waals surface area contributed by atoms with Gasteiger partial charge in [0, 0.05) is 10.7 Å². The zero-order valence-electron chi connectivity index (χ0n) is 4.69. The van der Waals surface area contributed by atoms with Crippen LogP contribution in [-0.4, -0.2) is 10.2 Å². The maximum absolute atomic E-state index is 5.62. The molecule has 0 atom stereocenters. The summed E-state index contributed by atoms with van der Waals surface area (Å²) >= 11 is 5.62. The minimum atomic E-state index is 0.662. The van der Waals surface area contributed by atoms with E-state index in [0.29, 0.717) is 10.7 Å².